The van der Waals surface area contributed by atoms with Crippen molar-refractivity contribution >= 4 is 32.7 Å². The number of hydrogen-bond acceptors (Lipinski definition) is 7. The van der Waals surface area contributed by atoms with Crippen molar-refractivity contribution in [1.29, 1.82) is 0 Å². The summed E-state index contributed by atoms with van der Waals surface area (Å²) in [6.45, 7) is -0.167. The van der Waals surface area contributed by atoms with Gasteiger partial charge in [-0.3, -0.25) is 4.31 Å². The fourth-order valence-corrected chi connectivity index (χ4v) is 6.92. The van der Waals surface area contributed by atoms with Gasteiger partial charge in [-0.1, -0.05) is 60.7 Å². The highest BCUT2D eigenvalue weighted by Crippen LogP contribution is 2.47. The van der Waals surface area contributed by atoms with Crippen LogP contribution in [0.2, 0.25) is 0 Å². The largest absolute Gasteiger partial charge is 0.497 e. The highest BCUT2D eigenvalue weighted by atomic mass is 32.2. The molecule has 0 saturated carbocycles. The Bertz CT molecular complexity index is 1480. The van der Waals surface area contributed by atoms with Gasteiger partial charge in [0, 0.05) is 12.0 Å². The number of sulfonamides is 1. The number of aliphatic carboxylic acids is 1. The zero-order chi connectivity index (χ0) is 26.0. The Hall–Kier alpha value is -3.89. The van der Waals surface area contributed by atoms with Gasteiger partial charge in [-0.05, 0) is 41.1 Å². The summed E-state index contributed by atoms with van der Waals surface area (Å²) in [7, 11) is -2.62. The molecule has 37 heavy (non-hydrogen) atoms. The topological polar surface area (TPSA) is 102 Å². The number of benzene rings is 3. The van der Waals surface area contributed by atoms with Crippen LogP contribution in [0.5, 0.6) is 5.75 Å². The van der Waals surface area contributed by atoms with Gasteiger partial charge in [-0.15, -0.1) is 0 Å². The van der Waals surface area contributed by atoms with E-state index in [-0.39, 0.29) is 22.0 Å². The van der Waals surface area contributed by atoms with Crippen LogP contribution in [0.4, 0.5) is 0 Å². The lowest BCUT2D eigenvalue weighted by Crippen LogP contribution is -2.37. The Labute approximate surface area is 218 Å². The predicted octanol–water partition coefficient (Wildman–Crippen LogP) is 4.80. The van der Waals surface area contributed by atoms with Gasteiger partial charge in [0.2, 0.25) is 6.29 Å². The van der Waals surface area contributed by atoms with E-state index in [9.17, 15) is 18.3 Å². The lowest BCUT2D eigenvalue weighted by atomic mass is 10.1. The molecule has 1 unspecified atom stereocenters. The van der Waals surface area contributed by atoms with Crippen LogP contribution in [0.25, 0.3) is 4.91 Å². The third-order valence-corrected chi connectivity index (χ3v) is 8.68. The maximum Gasteiger partial charge on any atom is 0.354 e. The van der Waals surface area contributed by atoms with E-state index in [1.165, 1.54) is 19.4 Å². The zero-order valence-corrected chi connectivity index (χ0v) is 21.4. The summed E-state index contributed by atoms with van der Waals surface area (Å²) in [5.41, 5.74) is 1.58. The van der Waals surface area contributed by atoms with Crippen molar-refractivity contribution in [3.05, 3.63) is 113 Å². The molecule has 0 amide bonds. The molecule has 0 aromatic heterocycles. The molecule has 0 aliphatic carbocycles. The number of thioether (sulfide) groups is 1. The SMILES string of the molecule is COc1ccc(CN2C(C(=O)O)=C(SC3=COC(Cc4ccccc4)O3)c3ccccc3S2(=O)=O)cc1. The summed E-state index contributed by atoms with van der Waals surface area (Å²) >= 11 is 1.03. The number of hydrogen-bond donors (Lipinski definition) is 1. The number of carbonyl (C=O) groups is 1. The van der Waals surface area contributed by atoms with E-state index in [2.05, 4.69) is 0 Å². The Morgan fingerprint density at radius 2 is 1.70 bits per heavy atom. The van der Waals surface area contributed by atoms with Gasteiger partial charge in [-0.25, -0.2) is 13.2 Å². The number of ether oxygens (including phenoxy) is 3. The molecule has 8 nitrogen and oxygen atoms in total. The monoisotopic (exact) mass is 537 g/mol. The summed E-state index contributed by atoms with van der Waals surface area (Å²) in [6.07, 6.45) is 1.36. The first-order valence-corrected chi connectivity index (χ1v) is 13.6. The van der Waals surface area contributed by atoms with E-state index >= 15 is 0 Å². The molecule has 3 aromatic carbocycles. The molecule has 0 fully saturated rings. The second-order valence-electron chi connectivity index (χ2n) is 8.25. The molecule has 0 saturated heterocycles. The van der Waals surface area contributed by atoms with Crippen LogP contribution in [0.1, 0.15) is 16.7 Å². The van der Waals surface area contributed by atoms with Crippen molar-refractivity contribution < 1.29 is 32.5 Å². The number of methoxy groups -OCH3 is 1. The fourth-order valence-electron chi connectivity index (χ4n) is 4.09. The molecular weight excluding hydrogens is 514 g/mol. The van der Waals surface area contributed by atoms with Crippen molar-refractivity contribution in [2.75, 3.05) is 7.11 Å². The van der Waals surface area contributed by atoms with Crippen LogP contribution in [0.15, 0.2) is 101 Å². The van der Waals surface area contributed by atoms with E-state index < -0.39 is 22.3 Å². The van der Waals surface area contributed by atoms with E-state index in [1.807, 2.05) is 30.3 Å². The van der Waals surface area contributed by atoms with Gasteiger partial charge < -0.3 is 19.3 Å². The number of rotatable bonds is 8. The number of carboxylic acids is 1. The Morgan fingerprint density at radius 1 is 1.00 bits per heavy atom. The van der Waals surface area contributed by atoms with Gasteiger partial charge in [-0.2, -0.15) is 0 Å². The van der Waals surface area contributed by atoms with Crippen molar-refractivity contribution in [3.63, 3.8) is 0 Å². The molecular formula is C27H23NO7S2. The van der Waals surface area contributed by atoms with Gasteiger partial charge in [0.25, 0.3) is 10.0 Å². The van der Waals surface area contributed by atoms with E-state index in [4.69, 9.17) is 14.2 Å². The summed E-state index contributed by atoms with van der Waals surface area (Å²) in [5, 5.41) is 10.6. The first kappa shape index (κ1) is 24.8. The Balaban J connectivity index is 1.49. The molecule has 5 rings (SSSR count). The maximum absolute atomic E-state index is 13.6. The average Bonchev–Trinajstić information content (AvgIpc) is 3.34. The quantitative estimate of drug-likeness (QED) is 0.437. The Morgan fingerprint density at radius 3 is 2.41 bits per heavy atom. The minimum atomic E-state index is -4.15. The van der Waals surface area contributed by atoms with Crippen molar-refractivity contribution in [1.82, 2.24) is 4.31 Å². The van der Waals surface area contributed by atoms with E-state index in [1.54, 1.807) is 42.5 Å². The highest BCUT2D eigenvalue weighted by molar-refractivity contribution is 8.11. The maximum atomic E-state index is 13.6. The summed E-state index contributed by atoms with van der Waals surface area (Å²) in [6, 6.07) is 22.8. The number of fused-ring (bicyclic) bond motifs is 1. The van der Waals surface area contributed by atoms with Gasteiger partial charge in [0.15, 0.2) is 10.8 Å². The third-order valence-electron chi connectivity index (χ3n) is 5.86. The van der Waals surface area contributed by atoms with Crippen LogP contribution in [-0.2, 0) is 37.3 Å². The van der Waals surface area contributed by atoms with Crippen molar-refractivity contribution in [2.45, 2.75) is 24.2 Å². The minimum absolute atomic E-state index is 0.0244. The highest BCUT2D eigenvalue weighted by Gasteiger charge is 2.41. The number of carboxylic acid groups (broad SMARTS) is 1. The molecule has 0 radical (unpaired) electrons. The summed E-state index contributed by atoms with van der Waals surface area (Å²) < 4.78 is 44.9. The second-order valence-corrected chi connectivity index (χ2v) is 11.1. The van der Waals surface area contributed by atoms with Crippen LogP contribution in [0.3, 0.4) is 0 Å². The average molecular weight is 538 g/mol. The fraction of sp³-hybridized carbons (Fsp3) is 0.148. The molecule has 2 aliphatic rings. The molecule has 1 N–H and O–H groups in total. The summed E-state index contributed by atoms with van der Waals surface area (Å²) in [4.78, 5) is 12.8. The van der Waals surface area contributed by atoms with Gasteiger partial charge in [0.05, 0.1) is 23.5 Å². The predicted molar refractivity (Wildman–Crippen MR) is 138 cm³/mol. The molecule has 10 heteroatoms. The van der Waals surface area contributed by atoms with Crippen molar-refractivity contribution in [2.24, 2.45) is 0 Å². The van der Waals surface area contributed by atoms with Crippen LogP contribution < -0.4 is 4.74 Å². The van der Waals surface area contributed by atoms with E-state index in [0.717, 1.165) is 21.6 Å². The molecule has 0 bridgehead atoms. The number of nitrogens with zero attached hydrogens (tertiary/aromatic N) is 1. The molecule has 2 heterocycles. The second kappa shape index (κ2) is 10.2. The molecule has 2 aliphatic heterocycles. The minimum Gasteiger partial charge on any atom is -0.497 e. The lowest BCUT2D eigenvalue weighted by molar-refractivity contribution is -0.133. The van der Waals surface area contributed by atoms with Crippen molar-refractivity contribution in [3.8, 4) is 5.75 Å². The normalized spacial score (nSPS) is 17.9. The Kier molecular flexibility index (Phi) is 6.86. The van der Waals surface area contributed by atoms with Gasteiger partial charge >= 0.3 is 5.97 Å². The lowest BCUT2D eigenvalue weighted by Gasteiger charge is -2.32. The van der Waals surface area contributed by atoms with E-state index in [0.29, 0.717) is 28.4 Å². The van der Waals surface area contributed by atoms with Crippen LogP contribution >= 0.6 is 11.8 Å². The first-order chi connectivity index (χ1) is 17.9. The third kappa shape index (κ3) is 5.03. The van der Waals surface area contributed by atoms with Gasteiger partial charge in [0.1, 0.15) is 12.0 Å². The molecule has 0 spiro atoms. The smallest absolute Gasteiger partial charge is 0.354 e. The molecule has 190 valence electrons. The standard InChI is InChI=1S/C27H23NO7S2/c1-33-20-13-11-19(12-14-20)16-28-25(27(29)30)26(21-9-5-6-10-22(21)37(28,31)32)36-24-17-34-23(35-24)15-18-7-3-2-4-8-18/h2-14,17,23H,15-16H2,1H3,(H,29,30). The van der Waals surface area contributed by atoms with Crippen LogP contribution in [-0.4, -0.2) is 37.2 Å². The van der Waals surface area contributed by atoms with Crippen LogP contribution in [0, 0.1) is 0 Å². The first-order valence-electron chi connectivity index (χ1n) is 11.3. The molecule has 1 atom stereocenters. The molecule has 3 aromatic rings. The summed E-state index contributed by atoms with van der Waals surface area (Å²) in [5.74, 6) is -0.759. The zero-order valence-electron chi connectivity index (χ0n) is 19.7.